The van der Waals surface area contributed by atoms with E-state index in [9.17, 15) is 14.0 Å². The number of methoxy groups -OCH3 is 1. The molecule has 30 heavy (non-hydrogen) atoms. The van der Waals surface area contributed by atoms with Gasteiger partial charge in [0.1, 0.15) is 18.1 Å². The highest BCUT2D eigenvalue weighted by Crippen LogP contribution is 2.25. The fraction of sp³-hybridized carbons (Fsp3) is 0.0909. The van der Waals surface area contributed by atoms with Crippen molar-refractivity contribution in [3.05, 3.63) is 88.2 Å². The van der Waals surface area contributed by atoms with Crippen LogP contribution in [0.15, 0.2) is 66.7 Å². The number of anilines is 2. The lowest BCUT2D eigenvalue weighted by Gasteiger charge is -2.23. The molecular weight excluding hydrogens is 430 g/mol. The van der Waals surface area contributed by atoms with Gasteiger partial charge in [0.2, 0.25) is 5.91 Å². The number of carbonyl (C=O) groups is 2. The molecule has 0 spiro atoms. The summed E-state index contributed by atoms with van der Waals surface area (Å²) < 4.78 is 18.9. The molecule has 3 aromatic rings. The van der Waals surface area contributed by atoms with E-state index in [1.54, 1.807) is 42.5 Å². The lowest BCUT2D eigenvalue weighted by Crippen LogP contribution is -2.38. The molecule has 0 bridgehead atoms. The Kier molecular flexibility index (Phi) is 6.92. The van der Waals surface area contributed by atoms with Crippen LogP contribution < -0.4 is 15.0 Å². The minimum atomic E-state index is -0.523. The summed E-state index contributed by atoms with van der Waals surface area (Å²) in [4.78, 5) is 26.9. The van der Waals surface area contributed by atoms with Gasteiger partial charge in [-0.15, -0.1) is 0 Å². The first-order chi connectivity index (χ1) is 14.4. The summed E-state index contributed by atoms with van der Waals surface area (Å²) in [6.07, 6.45) is 0. The van der Waals surface area contributed by atoms with Gasteiger partial charge in [-0.3, -0.25) is 14.5 Å². The van der Waals surface area contributed by atoms with Crippen molar-refractivity contribution in [1.29, 1.82) is 0 Å². The Morgan fingerprint density at radius 1 is 1.00 bits per heavy atom. The average Bonchev–Trinajstić information content (AvgIpc) is 2.74. The maximum absolute atomic E-state index is 13.8. The van der Waals surface area contributed by atoms with Crippen LogP contribution in [0.1, 0.15) is 10.4 Å². The molecule has 154 valence electrons. The van der Waals surface area contributed by atoms with Gasteiger partial charge in [0.15, 0.2) is 0 Å². The van der Waals surface area contributed by atoms with E-state index in [0.717, 1.165) is 0 Å². The van der Waals surface area contributed by atoms with Crippen LogP contribution in [0.25, 0.3) is 0 Å². The lowest BCUT2D eigenvalue weighted by atomic mass is 10.1. The molecule has 2 amide bonds. The van der Waals surface area contributed by atoms with Gasteiger partial charge >= 0.3 is 0 Å². The van der Waals surface area contributed by atoms with Crippen LogP contribution in [0.2, 0.25) is 10.0 Å². The van der Waals surface area contributed by atoms with E-state index in [2.05, 4.69) is 5.32 Å². The highest BCUT2D eigenvalue weighted by Gasteiger charge is 2.21. The Morgan fingerprint density at radius 3 is 2.37 bits per heavy atom. The molecule has 0 atom stereocenters. The first-order valence-corrected chi connectivity index (χ1v) is 9.59. The number of ether oxygens (including phenoxy) is 1. The molecule has 3 aromatic carbocycles. The van der Waals surface area contributed by atoms with Crippen molar-refractivity contribution in [3.8, 4) is 5.75 Å². The number of hydrogen-bond acceptors (Lipinski definition) is 3. The average molecular weight is 447 g/mol. The zero-order valence-corrected chi connectivity index (χ0v) is 17.4. The Bertz CT molecular complexity index is 1070. The highest BCUT2D eigenvalue weighted by atomic mass is 35.5. The Balaban J connectivity index is 1.86. The predicted molar refractivity (Wildman–Crippen MR) is 116 cm³/mol. The van der Waals surface area contributed by atoms with Crippen molar-refractivity contribution in [2.75, 3.05) is 23.9 Å². The monoisotopic (exact) mass is 446 g/mol. The molecule has 0 fully saturated rings. The summed E-state index contributed by atoms with van der Waals surface area (Å²) in [6, 6.07) is 16.5. The van der Waals surface area contributed by atoms with E-state index >= 15 is 0 Å². The number of benzene rings is 3. The summed E-state index contributed by atoms with van der Waals surface area (Å²) in [5.41, 5.74) is 0.994. The van der Waals surface area contributed by atoms with Crippen LogP contribution in [0.3, 0.4) is 0 Å². The number of amides is 2. The molecule has 0 aliphatic carbocycles. The smallest absolute Gasteiger partial charge is 0.258 e. The summed E-state index contributed by atoms with van der Waals surface area (Å²) in [6.45, 7) is -0.339. The summed E-state index contributed by atoms with van der Waals surface area (Å²) in [5.74, 6) is -0.891. The fourth-order valence-electron chi connectivity index (χ4n) is 2.73. The topological polar surface area (TPSA) is 58.6 Å². The third kappa shape index (κ3) is 5.28. The molecule has 8 heteroatoms. The number of nitrogens with zero attached hydrogens (tertiary/aromatic N) is 1. The van der Waals surface area contributed by atoms with Gasteiger partial charge in [0, 0.05) is 16.9 Å². The van der Waals surface area contributed by atoms with E-state index in [1.165, 1.54) is 36.3 Å². The SMILES string of the molecule is COc1ccc(C(=O)N(CC(=O)Nc2ccc(Cl)c(Cl)c2)c2cccc(F)c2)cc1. The summed E-state index contributed by atoms with van der Waals surface area (Å²) in [5, 5.41) is 3.30. The van der Waals surface area contributed by atoms with Crippen molar-refractivity contribution in [3.63, 3.8) is 0 Å². The van der Waals surface area contributed by atoms with Crippen molar-refractivity contribution >= 4 is 46.4 Å². The second-order valence-electron chi connectivity index (χ2n) is 6.28. The van der Waals surface area contributed by atoms with E-state index in [4.69, 9.17) is 27.9 Å². The number of nitrogens with one attached hydrogen (secondary N) is 1. The molecule has 1 N–H and O–H groups in total. The zero-order valence-electron chi connectivity index (χ0n) is 15.9. The minimum Gasteiger partial charge on any atom is -0.497 e. The van der Waals surface area contributed by atoms with E-state index in [-0.39, 0.29) is 17.3 Å². The molecule has 0 heterocycles. The van der Waals surface area contributed by atoms with Crippen LogP contribution >= 0.6 is 23.2 Å². The third-order valence-electron chi connectivity index (χ3n) is 4.21. The second-order valence-corrected chi connectivity index (χ2v) is 7.09. The van der Waals surface area contributed by atoms with Crippen molar-refractivity contribution < 1.29 is 18.7 Å². The van der Waals surface area contributed by atoms with Crippen LogP contribution in [0, 0.1) is 5.82 Å². The first-order valence-electron chi connectivity index (χ1n) is 8.84. The molecule has 0 radical (unpaired) electrons. The first kappa shape index (κ1) is 21.6. The predicted octanol–water partition coefficient (Wildman–Crippen LogP) is 5.43. The van der Waals surface area contributed by atoms with E-state index in [0.29, 0.717) is 22.0 Å². The van der Waals surface area contributed by atoms with E-state index < -0.39 is 17.6 Å². The summed E-state index contributed by atoms with van der Waals surface area (Å²) >= 11 is 11.9. The number of hydrogen-bond donors (Lipinski definition) is 1. The molecular formula is C22H17Cl2FN2O3. The van der Waals surface area contributed by atoms with Crippen molar-refractivity contribution in [2.24, 2.45) is 0 Å². The molecule has 0 unspecified atom stereocenters. The maximum Gasteiger partial charge on any atom is 0.258 e. The van der Waals surface area contributed by atoms with Crippen molar-refractivity contribution in [2.45, 2.75) is 0 Å². The number of rotatable bonds is 6. The number of carbonyl (C=O) groups excluding carboxylic acids is 2. The maximum atomic E-state index is 13.8. The van der Waals surface area contributed by atoms with Gasteiger partial charge in [0.25, 0.3) is 5.91 Å². The molecule has 5 nitrogen and oxygen atoms in total. The molecule has 3 rings (SSSR count). The third-order valence-corrected chi connectivity index (χ3v) is 4.95. The van der Waals surface area contributed by atoms with Crippen LogP contribution in [0.5, 0.6) is 5.75 Å². The van der Waals surface area contributed by atoms with Gasteiger partial charge in [-0.1, -0.05) is 29.3 Å². The molecule has 0 saturated heterocycles. The standard InChI is InChI=1S/C22H17Cl2FN2O3/c1-30-18-8-5-14(6-9-18)22(29)27(17-4-2-3-15(25)11-17)13-21(28)26-16-7-10-19(23)20(24)12-16/h2-12H,13H2,1H3,(H,26,28). The molecule has 0 aliphatic rings. The Hall–Kier alpha value is -3.09. The Morgan fingerprint density at radius 2 is 1.73 bits per heavy atom. The van der Waals surface area contributed by atoms with Gasteiger partial charge in [-0.05, 0) is 60.7 Å². The van der Waals surface area contributed by atoms with Crippen LogP contribution in [-0.2, 0) is 4.79 Å². The minimum absolute atomic E-state index is 0.250. The van der Waals surface area contributed by atoms with Gasteiger partial charge in [0.05, 0.1) is 17.2 Å². The largest absolute Gasteiger partial charge is 0.497 e. The summed E-state index contributed by atoms with van der Waals surface area (Å²) in [7, 11) is 1.52. The van der Waals surface area contributed by atoms with Crippen LogP contribution in [0.4, 0.5) is 15.8 Å². The van der Waals surface area contributed by atoms with E-state index in [1.807, 2.05) is 0 Å². The molecule has 0 aromatic heterocycles. The highest BCUT2D eigenvalue weighted by molar-refractivity contribution is 6.42. The lowest BCUT2D eigenvalue weighted by molar-refractivity contribution is -0.114. The fourth-order valence-corrected chi connectivity index (χ4v) is 3.03. The number of halogens is 3. The molecule has 0 aliphatic heterocycles. The Labute approximate surface area is 183 Å². The van der Waals surface area contributed by atoms with Gasteiger partial charge in [-0.2, -0.15) is 0 Å². The second kappa shape index (κ2) is 9.61. The van der Waals surface area contributed by atoms with Gasteiger partial charge in [-0.25, -0.2) is 4.39 Å². The zero-order chi connectivity index (χ0) is 21.7. The molecule has 0 saturated carbocycles. The normalized spacial score (nSPS) is 10.4. The van der Waals surface area contributed by atoms with Crippen LogP contribution in [-0.4, -0.2) is 25.5 Å². The van der Waals surface area contributed by atoms with Crippen molar-refractivity contribution in [1.82, 2.24) is 0 Å². The van der Waals surface area contributed by atoms with Gasteiger partial charge < -0.3 is 10.1 Å². The quantitative estimate of drug-likeness (QED) is 0.549.